The van der Waals surface area contributed by atoms with Crippen LogP contribution < -0.4 is 0 Å². The Morgan fingerprint density at radius 3 is 2.50 bits per heavy atom. The number of halogens is 4. The Morgan fingerprint density at radius 2 is 1.85 bits per heavy atom. The third-order valence-corrected chi connectivity index (χ3v) is 9.39. The van der Waals surface area contributed by atoms with E-state index in [-0.39, 0.29) is 16.3 Å². The fourth-order valence-electron chi connectivity index (χ4n) is 6.29. The maximum absolute atomic E-state index is 13.5. The molecule has 1 saturated carbocycles. The van der Waals surface area contributed by atoms with Crippen molar-refractivity contribution in [3.63, 3.8) is 0 Å². The molecule has 3 atom stereocenters. The number of alkyl halides is 3. The number of rotatable bonds is 5. The van der Waals surface area contributed by atoms with Gasteiger partial charge in [0.25, 0.3) is 0 Å². The molecule has 212 valence electrons. The van der Waals surface area contributed by atoms with Gasteiger partial charge >= 0.3 is 12.1 Å². The zero-order chi connectivity index (χ0) is 29.1. The Labute approximate surface area is 229 Å². The summed E-state index contributed by atoms with van der Waals surface area (Å²) in [6.07, 6.45) is 1.12. The van der Waals surface area contributed by atoms with Crippen molar-refractivity contribution in [2.24, 2.45) is 11.3 Å². The average Bonchev–Trinajstić information content (AvgIpc) is 3.28. The summed E-state index contributed by atoms with van der Waals surface area (Å²) in [5.41, 5.74) is 0.756. The van der Waals surface area contributed by atoms with Gasteiger partial charge in [-0.15, -0.1) is 0 Å². The van der Waals surface area contributed by atoms with E-state index in [2.05, 4.69) is 4.98 Å². The van der Waals surface area contributed by atoms with Crippen LogP contribution in [0.4, 0.5) is 17.6 Å². The predicted molar refractivity (Wildman–Crippen MR) is 140 cm³/mol. The van der Waals surface area contributed by atoms with Crippen molar-refractivity contribution in [3.8, 4) is 11.3 Å². The fourth-order valence-corrected chi connectivity index (χ4v) is 6.96. The highest BCUT2D eigenvalue weighted by Gasteiger charge is 2.56. The van der Waals surface area contributed by atoms with Crippen LogP contribution in [0.1, 0.15) is 44.4 Å². The summed E-state index contributed by atoms with van der Waals surface area (Å²) in [6, 6.07) is 11.6. The van der Waals surface area contributed by atoms with Crippen molar-refractivity contribution in [2.45, 2.75) is 56.3 Å². The maximum Gasteiger partial charge on any atom is 0.490 e. The molecule has 1 fully saturated rings. The van der Waals surface area contributed by atoms with E-state index in [0.29, 0.717) is 31.5 Å². The van der Waals surface area contributed by atoms with E-state index in [1.165, 1.54) is 43.3 Å². The van der Waals surface area contributed by atoms with Gasteiger partial charge in [-0.3, -0.25) is 0 Å². The molecule has 2 aliphatic rings. The van der Waals surface area contributed by atoms with Gasteiger partial charge in [0.2, 0.25) is 0 Å². The molecule has 2 heterocycles. The van der Waals surface area contributed by atoms with Crippen LogP contribution in [0, 0.1) is 17.2 Å². The Balaban J connectivity index is 1.63. The molecule has 0 unspecified atom stereocenters. The number of benzene rings is 2. The first-order chi connectivity index (χ1) is 18.6. The normalized spacial score (nSPS) is 22.5. The third kappa shape index (κ3) is 4.84. The minimum absolute atomic E-state index is 0.0829. The van der Waals surface area contributed by atoms with E-state index < -0.39 is 38.9 Å². The van der Waals surface area contributed by atoms with E-state index in [1.54, 1.807) is 18.5 Å². The van der Waals surface area contributed by atoms with E-state index in [0.717, 1.165) is 23.1 Å². The Morgan fingerprint density at radius 1 is 1.15 bits per heavy atom. The molecule has 1 aliphatic heterocycles. The lowest BCUT2D eigenvalue weighted by Gasteiger charge is -2.52. The van der Waals surface area contributed by atoms with Gasteiger partial charge in [0.15, 0.2) is 9.84 Å². The summed E-state index contributed by atoms with van der Waals surface area (Å²) in [7, 11) is -3.69. The smallest absolute Gasteiger partial charge is 0.447 e. The molecule has 1 aromatic heterocycles. The van der Waals surface area contributed by atoms with Crippen LogP contribution in [0.3, 0.4) is 0 Å². The van der Waals surface area contributed by atoms with Gasteiger partial charge in [-0.1, -0.05) is 24.6 Å². The van der Waals surface area contributed by atoms with Gasteiger partial charge in [0, 0.05) is 29.7 Å². The molecule has 0 N–H and O–H groups in total. The lowest BCUT2D eigenvalue weighted by Crippen LogP contribution is -2.51. The third-order valence-electron chi connectivity index (χ3n) is 8.28. The van der Waals surface area contributed by atoms with E-state index in [1.807, 2.05) is 17.6 Å². The maximum atomic E-state index is 13.5. The molecule has 1 aliphatic carbocycles. The SMILES string of the molecule is C[C@]12Cn3cnc(-c4ccc(F)cc4)c3C=C1CCC[C@@H]2[C@](C)(OC(=O)C(F)(F)F)c1cccc(S(C)(=O)=O)c1. The molecular weight excluding hydrogens is 548 g/mol. The summed E-state index contributed by atoms with van der Waals surface area (Å²) in [5, 5.41) is 0. The quantitative estimate of drug-likeness (QED) is 0.263. The molecule has 40 heavy (non-hydrogen) atoms. The number of hydrogen-bond donors (Lipinski definition) is 0. The molecule has 0 bridgehead atoms. The first-order valence-electron chi connectivity index (χ1n) is 12.8. The Hall–Kier alpha value is -3.47. The topological polar surface area (TPSA) is 78.3 Å². The average molecular weight is 577 g/mol. The molecule has 6 nitrogen and oxygen atoms in total. The number of hydrogen-bond acceptors (Lipinski definition) is 5. The summed E-state index contributed by atoms with van der Waals surface area (Å²) < 4.78 is 86.0. The zero-order valence-electron chi connectivity index (χ0n) is 22.1. The molecular formula is C29H28F4N2O4S. The van der Waals surface area contributed by atoms with Crippen LogP contribution in [0.25, 0.3) is 17.3 Å². The highest BCUT2D eigenvalue weighted by Crippen LogP contribution is 2.57. The van der Waals surface area contributed by atoms with Crippen LogP contribution in [0.5, 0.6) is 0 Å². The second kappa shape index (κ2) is 9.57. The van der Waals surface area contributed by atoms with Crippen LogP contribution >= 0.6 is 0 Å². The lowest BCUT2D eigenvalue weighted by atomic mass is 9.57. The van der Waals surface area contributed by atoms with E-state index >= 15 is 0 Å². The minimum atomic E-state index is -5.24. The van der Waals surface area contributed by atoms with Gasteiger partial charge in [-0.25, -0.2) is 22.6 Å². The summed E-state index contributed by atoms with van der Waals surface area (Å²) in [4.78, 5) is 16.8. The highest BCUT2D eigenvalue weighted by atomic mass is 32.2. The zero-order valence-corrected chi connectivity index (χ0v) is 22.9. The van der Waals surface area contributed by atoms with Crippen molar-refractivity contribution in [1.29, 1.82) is 0 Å². The Bertz CT molecular complexity index is 1610. The van der Waals surface area contributed by atoms with Crippen molar-refractivity contribution >= 4 is 21.9 Å². The summed E-state index contributed by atoms with van der Waals surface area (Å²) in [5.74, 6) is -3.34. The number of nitrogens with zero attached hydrogens (tertiary/aromatic N) is 2. The van der Waals surface area contributed by atoms with Gasteiger partial charge in [-0.05, 0) is 74.2 Å². The van der Waals surface area contributed by atoms with Crippen LogP contribution in [0.15, 0.2) is 65.3 Å². The number of aromatic nitrogens is 2. The number of esters is 1. The van der Waals surface area contributed by atoms with Crippen LogP contribution in [-0.2, 0) is 31.5 Å². The van der Waals surface area contributed by atoms with Crippen LogP contribution in [0.2, 0.25) is 0 Å². The molecule has 5 rings (SSSR count). The minimum Gasteiger partial charge on any atom is -0.447 e. The number of carbonyl (C=O) groups is 1. The fraction of sp³-hybridized carbons (Fsp3) is 0.379. The van der Waals surface area contributed by atoms with E-state index in [4.69, 9.17) is 4.74 Å². The van der Waals surface area contributed by atoms with Crippen LogP contribution in [-0.4, -0.2) is 36.4 Å². The van der Waals surface area contributed by atoms with Gasteiger partial charge in [-0.2, -0.15) is 13.2 Å². The number of ether oxygens (including phenoxy) is 1. The first-order valence-corrected chi connectivity index (χ1v) is 14.6. The lowest BCUT2D eigenvalue weighted by molar-refractivity contribution is -0.223. The monoisotopic (exact) mass is 576 g/mol. The largest absolute Gasteiger partial charge is 0.490 e. The molecule has 0 spiro atoms. The first kappa shape index (κ1) is 28.1. The number of sulfone groups is 1. The molecule has 3 aromatic rings. The molecule has 2 aromatic carbocycles. The summed E-state index contributed by atoms with van der Waals surface area (Å²) >= 11 is 0. The number of carbonyl (C=O) groups excluding carboxylic acids is 1. The molecule has 0 amide bonds. The summed E-state index contributed by atoms with van der Waals surface area (Å²) in [6.45, 7) is 3.71. The predicted octanol–water partition coefficient (Wildman–Crippen LogP) is 6.32. The molecule has 0 saturated heterocycles. The number of allylic oxidation sites excluding steroid dienone is 1. The highest BCUT2D eigenvalue weighted by molar-refractivity contribution is 7.90. The van der Waals surface area contributed by atoms with Crippen molar-refractivity contribution in [3.05, 3.63) is 77.5 Å². The van der Waals surface area contributed by atoms with Gasteiger partial charge in [0.05, 0.1) is 22.6 Å². The Kier molecular flexibility index (Phi) is 6.72. The van der Waals surface area contributed by atoms with E-state index in [9.17, 15) is 30.8 Å². The van der Waals surface area contributed by atoms with Gasteiger partial charge < -0.3 is 9.30 Å². The number of fused-ring (bicyclic) bond motifs is 2. The van der Waals surface area contributed by atoms with Crippen molar-refractivity contribution in [1.82, 2.24) is 9.55 Å². The molecule has 0 radical (unpaired) electrons. The second-order valence-corrected chi connectivity index (χ2v) is 13.0. The van der Waals surface area contributed by atoms with Crippen molar-refractivity contribution < 1.29 is 35.5 Å². The van der Waals surface area contributed by atoms with Gasteiger partial charge in [0.1, 0.15) is 11.4 Å². The molecule has 11 heteroatoms. The second-order valence-electron chi connectivity index (χ2n) is 10.9. The number of imidazole rings is 1. The standard InChI is InChI=1S/C29H28F4N2O4S/c1-27-16-35-17-34-25(18-10-12-21(30)13-11-18)23(35)15-19(27)6-5-9-24(27)28(2,39-26(36)29(31,32)33)20-7-4-8-22(14-20)40(3,37)38/h4,7-8,10-15,17,24H,5-6,9,16H2,1-3H3/t24-,27-,28+/m0/s1. The van der Waals surface area contributed by atoms with Crippen molar-refractivity contribution in [2.75, 3.05) is 6.26 Å².